The number of hydrogen-bond donors (Lipinski definition) is 1. The maximum atomic E-state index is 11.8. The molecular formula is C23H30O3. The van der Waals surface area contributed by atoms with Gasteiger partial charge >= 0.3 is 5.97 Å². The smallest absolute Gasteiger partial charge is 0.340 e. The van der Waals surface area contributed by atoms with Crippen LogP contribution in [0.25, 0.3) is 11.1 Å². The van der Waals surface area contributed by atoms with Crippen LogP contribution in [0.5, 0.6) is 5.75 Å². The molecule has 0 radical (unpaired) electrons. The van der Waals surface area contributed by atoms with Gasteiger partial charge in [0.2, 0.25) is 0 Å². The molecule has 0 amide bonds. The molecule has 3 nitrogen and oxygen atoms in total. The Balaban J connectivity index is 1.88. The van der Waals surface area contributed by atoms with Crippen LogP contribution in [-0.2, 0) is 0 Å². The molecule has 0 saturated heterocycles. The summed E-state index contributed by atoms with van der Waals surface area (Å²) in [6.07, 6.45) is 9.86. The van der Waals surface area contributed by atoms with Gasteiger partial charge in [0.15, 0.2) is 0 Å². The monoisotopic (exact) mass is 354 g/mol. The maximum absolute atomic E-state index is 11.8. The SMILES string of the molecule is CCCCCCCCCCOc1cccc(-c2ccccc2)c1C(=O)O. The Labute approximate surface area is 157 Å². The van der Waals surface area contributed by atoms with Crippen molar-refractivity contribution in [2.45, 2.75) is 58.3 Å². The summed E-state index contributed by atoms with van der Waals surface area (Å²) in [7, 11) is 0. The highest BCUT2D eigenvalue weighted by Crippen LogP contribution is 2.31. The number of rotatable bonds is 12. The average Bonchev–Trinajstić information content (AvgIpc) is 2.67. The van der Waals surface area contributed by atoms with Crippen molar-refractivity contribution >= 4 is 5.97 Å². The van der Waals surface area contributed by atoms with Crippen LogP contribution in [0.3, 0.4) is 0 Å². The van der Waals surface area contributed by atoms with Crippen LogP contribution in [0.2, 0.25) is 0 Å². The molecule has 2 aromatic rings. The number of ether oxygens (including phenoxy) is 1. The van der Waals surface area contributed by atoms with E-state index in [-0.39, 0.29) is 5.56 Å². The highest BCUT2D eigenvalue weighted by molar-refractivity contribution is 5.99. The van der Waals surface area contributed by atoms with Crippen molar-refractivity contribution in [3.63, 3.8) is 0 Å². The number of carboxylic acid groups (broad SMARTS) is 1. The molecular weight excluding hydrogens is 324 g/mol. The summed E-state index contributed by atoms with van der Waals surface area (Å²) >= 11 is 0. The third-order valence-electron chi connectivity index (χ3n) is 4.58. The lowest BCUT2D eigenvalue weighted by molar-refractivity contribution is 0.0693. The molecule has 3 heteroatoms. The minimum absolute atomic E-state index is 0.248. The van der Waals surface area contributed by atoms with Gasteiger partial charge in [-0.1, -0.05) is 94.3 Å². The number of carbonyl (C=O) groups is 1. The van der Waals surface area contributed by atoms with Gasteiger partial charge in [0, 0.05) is 0 Å². The van der Waals surface area contributed by atoms with E-state index in [1.54, 1.807) is 6.07 Å². The van der Waals surface area contributed by atoms with Gasteiger partial charge in [-0.25, -0.2) is 4.79 Å². The van der Waals surface area contributed by atoms with Gasteiger partial charge in [-0.15, -0.1) is 0 Å². The van der Waals surface area contributed by atoms with Crippen LogP contribution in [-0.4, -0.2) is 17.7 Å². The molecule has 0 aliphatic rings. The number of aromatic carboxylic acids is 1. The summed E-state index contributed by atoms with van der Waals surface area (Å²) in [5.41, 5.74) is 1.84. The van der Waals surface area contributed by atoms with E-state index in [2.05, 4.69) is 6.92 Å². The molecule has 0 heterocycles. The summed E-state index contributed by atoms with van der Waals surface area (Å²) in [6.45, 7) is 2.79. The van der Waals surface area contributed by atoms with Crippen LogP contribution < -0.4 is 4.74 Å². The molecule has 0 bridgehead atoms. The predicted octanol–water partition coefficient (Wildman–Crippen LogP) is 6.57. The Hall–Kier alpha value is -2.29. The lowest BCUT2D eigenvalue weighted by Gasteiger charge is -2.13. The standard InChI is InChI=1S/C23H30O3/c1-2-3-4-5-6-7-8-12-18-26-21-17-13-16-20(22(21)23(24)25)19-14-10-9-11-15-19/h9-11,13-17H,2-8,12,18H2,1H3,(H,24,25). The van der Waals surface area contributed by atoms with Crippen molar-refractivity contribution in [3.05, 3.63) is 54.1 Å². The first-order chi connectivity index (χ1) is 12.7. The maximum Gasteiger partial charge on any atom is 0.340 e. The lowest BCUT2D eigenvalue weighted by Crippen LogP contribution is -2.06. The van der Waals surface area contributed by atoms with Crippen LogP contribution in [0.1, 0.15) is 68.6 Å². The van der Waals surface area contributed by atoms with Crippen molar-refractivity contribution in [1.82, 2.24) is 0 Å². The first-order valence-electron chi connectivity index (χ1n) is 9.78. The van der Waals surface area contributed by atoms with Crippen molar-refractivity contribution in [3.8, 4) is 16.9 Å². The van der Waals surface area contributed by atoms with Gasteiger partial charge < -0.3 is 9.84 Å². The summed E-state index contributed by atoms with van der Waals surface area (Å²) < 4.78 is 5.82. The van der Waals surface area contributed by atoms with Crippen molar-refractivity contribution in [1.29, 1.82) is 0 Å². The zero-order valence-electron chi connectivity index (χ0n) is 15.7. The van der Waals surface area contributed by atoms with Gasteiger partial charge in [-0.3, -0.25) is 0 Å². The molecule has 0 spiro atoms. The quantitative estimate of drug-likeness (QED) is 0.438. The fraction of sp³-hybridized carbons (Fsp3) is 0.435. The van der Waals surface area contributed by atoms with Gasteiger partial charge in [0.25, 0.3) is 0 Å². The van der Waals surface area contributed by atoms with Crippen molar-refractivity contribution in [2.75, 3.05) is 6.61 Å². The number of unbranched alkanes of at least 4 members (excludes halogenated alkanes) is 7. The zero-order chi connectivity index (χ0) is 18.6. The largest absolute Gasteiger partial charge is 0.493 e. The van der Waals surface area contributed by atoms with Gasteiger partial charge in [-0.2, -0.15) is 0 Å². The Morgan fingerprint density at radius 3 is 2.15 bits per heavy atom. The van der Waals surface area contributed by atoms with E-state index in [4.69, 9.17) is 4.74 Å². The molecule has 1 N–H and O–H groups in total. The minimum Gasteiger partial charge on any atom is -0.493 e. The molecule has 2 rings (SSSR count). The Kier molecular flexibility index (Phi) is 8.74. The van der Waals surface area contributed by atoms with Gasteiger partial charge in [-0.05, 0) is 23.6 Å². The van der Waals surface area contributed by atoms with Crippen LogP contribution in [0.4, 0.5) is 0 Å². The second-order valence-electron chi connectivity index (χ2n) is 6.67. The van der Waals surface area contributed by atoms with Crippen molar-refractivity contribution in [2.24, 2.45) is 0 Å². The molecule has 0 aromatic heterocycles. The summed E-state index contributed by atoms with van der Waals surface area (Å²) in [4.78, 5) is 11.8. The zero-order valence-corrected chi connectivity index (χ0v) is 15.7. The lowest BCUT2D eigenvalue weighted by atomic mass is 9.99. The minimum atomic E-state index is -0.949. The Morgan fingerprint density at radius 2 is 1.50 bits per heavy atom. The highest BCUT2D eigenvalue weighted by Gasteiger charge is 2.17. The average molecular weight is 354 g/mol. The first-order valence-corrected chi connectivity index (χ1v) is 9.78. The van der Waals surface area contributed by atoms with E-state index in [0.717, 1.165) is 18.4 Å². The molecule has 0 atom stereocenters. The molecule has 0 saturated carbocycles. The molecule has 0 unspecified atom stereocenters. The van der Waals surface area contributed by atoms with E-state index < -0.39 is 5.97 Å². The highest BCUT2D eigenvalue weighted by atomic mass is 16.5. The second kappa shape index (κ2) is 11.3. The van der Waals surface area contributed by atoms with Crippen LogP contribution >= 0.6 is 0 Å². The summed E-state index contributed by atoms with van der Waals surface area (Å²) in [5.74, 6) is -0.489. The van der Waals surface area contributed by atoms with E-state index >= 15 is 0 Å². The van der Waals surface area contributed by atoms with Crippen LogP contribution in [0, 0.1) is 0 Å². The molecule has 0 aliphatic carbocycles. The van der Waals surface area contributed by atoms with Gasteiger partial charge in [0.1, 0.15) is 11.3 Å². The van der Waals surface area contributed by atoms with E-state index in [9.17, 15) is 9.90 Å². The topological polar surface area (TPSA) is 46.5 Å². The van der Waals surface area contributed by atoms with Crippen LogP contribution in [0.15, 0.2) is 48.5 Å². The number of carboxylic acids is 1. The third kappa shape index (κ3) is 6.21. The van der Waals surface area contributed by atoms with E-state index in [0.29, 0.717) is 17.9 Å². The Morgan fingerprint density at radius 1 is 0.846 bits per heavy atom. The van der Waals surface area contributed by atoms with Gasteiger partial charge in [0.05, 0.1) is 6.61 Å². The first kappa shape index (κ1) is 20.0. The fourth-order valence-corrected chi connectivity index (χ4v) is 3.15. The van der Waals surface area contributed by atoms with E-state index in [1.165, 1.54) is 38.5 Å². The summed E-state index contributed by atoms with van der Waals surface area (Å²) in [6, 6.07) is 15.0. The normalized spacial score (nSPS) is 10.7. The number of benzene rings is 2. The third-order valence-corrected chi connectivity index (χ3v) is 4.58. The summed E-state index contributed by atoms with van der Waals surface area (Å²) in [5, 5.41) is 9.67. The molecule has 140 valence electrons. The predicted molar refractivity (Wildman–Crippen MR) is 107 cm³/mol. The molecule has 2 aromatic carbocycles. The van der Waals surface area contributed by atoms with Crippen molar-refractivity contribution < 1.29 is 14.6 Å². The molecule has 26 heavy (non-hydrogen) atoms. The molecule has 0 aliphatic heterocycles. The van der Waals surface area contributed by atoms with E-state index in [1.807, 2.05) is 42.5 Å². The number of hydrogen-bond acceptors (Lipinski definition) is 2. The Bertz CT molecular complexity index is 664. The second-order valence-corrected chi connectivity index (χ2v) is 6.67. The fourth-order valence-electron chi connectivity index (χ4n) is 3.15. The molecule has 0 fully saturated rings.